The first-order chi connectivity index (χ1) is 12.3. The van der Waals surface area contributed by atoms with Crippen molar-refractivity contribution in [1.29, 1.82) is 0 Å². The van der Waals surface area contributed by atoms with Gasteiger partial charge in [-0.2, -0.15) is 17.0 Å². The molecule has 1 aromatic heterocycles. The van der Waals surface area contributed by atoms with Crippen molar-refractivity contribution in [2.24, 2.45) is 5.92 Å². The van der Waals surface area contributed by atoms with Gasteiger partial charge in [0.1, 0.15) is 0 Å². The summed E-state index contributed by atoms with van der Waals surface area (Å²) in [5.41, 5.74) is 0.211. The van der Waals surface area contributed by atoms with Gasteiger partial charge in [0.2, 0.25) is 5.88 Å². The molecule has 0 saturated carbocycles. The Morgan fingerprint density at radius 3 is 2.77 bits per heavy atom. The smallest absolute Gasteiger partial charge is 0.281 e. The number of hydrogen-bond donors (Lipinski definition) is 1. The molecule has 1 aromatic rings. The number of aliphatic hydroxyl groups is 1. The van der Waals surface area contributed by atoms with Crippen molar-refractivity contribution >= 4 is 10.2 Å². The normalized spacial score (nSPS) is 28.1. The average Bonchev–Trinajstić information content (AvgIpc) is 2.61. The van der Waals surface area contributed by atoms with Gasteiger partial charge in [-0.25, -0.2) is 4.98 Å². The van der Waals surface area contributed by atoms with Crippen LogP contribution in [-0.2, 0) is 16.8 Å². The van der Waals surface area contributed by atoms with Gasteiger partial charge in [0.15, 0.2) is 0 Å². The fraction of sp³-hybridized carbons (Fsp3) is 0.706. The van der Waals surface area contributed by atoms with Gasteiger partial charge in [-0.05, 0) is 18.9 Å². The summed E-state index contributed by atoms with van der Waals surface area (Å²) in [5.74, 6) is 0.496. The Morgan fingerprint density at radius 1 is 1.35 bits per heavy atom. The molecule has 0 amide bonds. The van der Waals surface area contributed by atoms with Crippen molar-refractivity contribution in [3.8, 4) is 5.88 Å². The second-order valence-electron chi connectivity index (χ2n) is 7.36. The van der Waals surface area contributed by atoms with Crippen molar-refractivity contribution in [1.82, 2.24) is 18.5 Å². The van der Waals surface area contributed by atoms with E-state index in [2.05, 4.69) is 9.88 Å². The molecule has 3 heterocycles. The van der Waals surface area contributed by atoms with Gasteiger partial charge in [-0.3, -0.25) is 4.90 Å². The Morgan fingerprint density at radius 2 is 2.08 bits per heavy atom. The van der Waals surface area contributed by atoms with Gasteiger partial charge in [0, 0.05) is 64.5 Å². The fourth-order valence-corrected chi connectivity index (χ4v) is 5.05. The molecular weight excluding hydrogens is 356 g/mol. The summed E-state index contributed by atoms with van der Waals surface area (Å²) < 4.78 is 32.9. The molecule has 0 unspecified atom stereocenters. The third-order valence-electron chi connectivity index (χ3n) is 5.54. The number of ether oxygens (including phenoxy) is 1. The first-order valence-corrected chi connectivity index (χ1v) is 10.3. The summed E-state index contributed by atoms with van der Waals surface area (Å²) >= 11 is 0. The summed E-state index contributed by atoms with van der Waals surface area (Å²) in [6, 6.07) is 3.86. The minimum atomic E-state index is -3.46. The molecule has 2 atom stereocenters. The minimum absolute atomic E-state index is 0.109. The molecule has 8 nitrogen and oxygen atoms in total. The molecule has 0 radical (unpaired) electrons. The number of fused-ring (bicyclic) bond motifs is 1. The lowest BCUT2D eigenvalue weighted by molar-refractivity contribution is -0.103. The van der Waals surface area contributed by atoms with E-state index in [4.69, 9.17) is 4.74 Å². The monoisotopic (exact) mass is 384 g/mol. The molecular formula is C17H28N4O4S. The van der Waals surface area contributed by atoms with Crippen molar-refractivity contribution in [2.75, 3.05) is 47.4 Å². The lowest BCUT2D eigenvalue weighted by atomic mass is 9.76. The maximum absolute atomic E-state index is 12.5. The van der Waals surface area contributed by atoms with Crippen LogP contribution in [-0.4, -0.2) is 85.0 Å². The topological polar surface area (TPSA) is 86.2 Å². The van der Waals surface area contributed by atoms with E-state index in [-0.39, 0.29) is 5.92 Å². The SMILES string of the molecule is COc1ncccc1CN1CC[C@@]2(O)CCN(S(=O)(=O)N(C)C)C[C@H]2C1. The van der Waals surface area contributed by atoms with Crippen LogP contribution < -0.4 is 4.74 Å². The molecule has 0 aromatic carbocycles. The van der Waals surface area contributed by atoms with Crippen LogP contribution in [0.4, 0.5) is 0 Å². The van der Waals surface area contributed by atoms with E-state index >= 15 is 0 Å². The van der Waals surface area contributed by atoms with Crippen LogP contribution in [0.1, 0.15) is 18.4 Å². The number of hydrogen-bond acceptors (Lipinski definition) is 6. The zero-order chi connectivity index (χ0) is 18.9. The molecule has 1 N–H and O–H groups in total. The summed E-state index contributed by atoms with van der Waals surface area (Å²) in [6.45, 7) is 2.80. The van der Waals surface area contributed by atoms with Crippen LogP contribution in [0.5, 0.6) is 5.88 Å². The zero-order valence-electron chi connectivity index (χ0n) is 15.6. The van der Waals surface area contributed by atoms with Crippen LogP contribution in [0, 0.1) is 5.92 Å². The number of methoxy groups -OCH3 is 1. The minimum Gasteiger partial charge on any atom is -0.481 e. The maximum atomic E-state index is 12.5. The number of piperidine rings is 2. The molecule has 2 aliphatic rings. The van der Waals surface area contributed by atoms with E-state index in [1.807, 2.05) is 12.1 Å². The molecule has 2 saturated heterocycles. The van der Waals surface area contributed by atoms with Crippen LogP contribution in [0.25, 0.3) is 0 Å². The fourth-order valence-electron chi connectivity index (χ4n) is 3.89. The zero-order valence-corrected chi connectivity index (χ0v) is 16.4. The molecule has 26 heavy (non-hydrogen) atoms. The van der Waals surface area contributed by atoms with Gasteiger partial charge in [-0.15, -0.1) is 0 Å². The Balaban J connectivity index is 1.72. The molecule has 2 aliphatic heterocycles. The Bertz CT molecular complexity index is 742. The van der Waals surface area contributed by atoms with E-state index in [1.54, 1.807) is 13.3 Å². The number of nitrogens with zero attached hydrogens (tertiary/aromatic N) is 4. The van der Waals surface area contributed by atoms with E-state index in [0.29, 0.717) is 44.9 Å². The lowest BCUT2D eigenvalue weighted by Gasteiger charge is -2.50. The van der Waals surface area contributed by atoms with E-state index in [0.717, 1.165) is 12.1 Å². The number of likely N-dealkylation sites (tertiary alicyclic amines) is 1. The molecule has 0 spiro atoms. The highest BCUT2D eigenvalue weighted by molar-refractivity contribution is 7.86. The number of rotatable bonds is 5. The van der Waals surface area contributed by atoms with E-state index < -0.39 is 15.8 Å². The Hall–Kier alpha value is -1.26. The van der Waals surface area contributed by atoms with Gasteiger partial charge in [-0.1, -0.05) is 6.07 Å². The summed E-state index contributed by atoms with van der Waals surface area (Å²) in [5, 5.41) is 11.0. The van der Waals surface area contributed by atoms with Crippen molar-refractivity contribution in [3.05, 3.63) is 23.9 Å². The molecule has 0 aliphatic carbocycles. The Kier molecular flexibility index (Phi) is 5.55. The predicted molar refractivity (Wildman–Crippen MR) is 97.9 cm³/mol. The average molecular weight is 385 g/mol. The molecule has 146 valence electrons. The standard InChI is InChI=1S/C17H28N4O4S/c1-19(2)26(23,24)21-10-7-17(22)6-9-20(12-15(17)13-21)11-14-5-4-8-18-16(14)25-3/h4-5,8,15,22H,6-7,9-13H2,1-3H3/t15-,17-/m1/s1. The number of pyridine rings is 1. The molecule has 3 rings (SSSR count). The maximum Gasteiger partial charge on any atom is 0.281 e. The van der Waals surface area contributed by atoms with Gasteiger partial charge in [0.25, 0.3) is 10.2 Å². The first kappa shape index (κ1) is 19.5. The van der Waals surface area contributed by atoms with Gasteiger partial charge < -0.3 is 9.84 Å². The summed E-state index contributed by atoms with van der Waals surface area (Å²) in [4.78, 5) is 6.47. The van der Waals surface area contributed by atoms with E-state index in [1.165, 1.54) is 22.7 Å². The van der Waals surface area contributed by atoms with Crippen LogP contribution in [0.3, 0.4) is 0 Å². The summed E-state index contributed by atoms with van der Waals surface area (Å²) in [6.07, 6.45) is 2.83. The third-order valence-corrected chi connectivity index (χ3v) is 7.45. The van der Waals surface area contributed by atoms with Crippen LogP contribution in [0.15, 0.2) is 18.3 Å². The molecule has 0 bridgehead atoms. The highest BCUT2D eigenvalue weighted by atomic mass is 32.2. The predicted octanol–water partition coefficient (Wildman–Crippen LogP) is 0.155. The first-order valence-electron chi connectivity index (χ1n) is 8.86. The highest BCUT2D eigenvalue weighted by Crippen LogP contribution is 2.37. The quantitative estimate of drug-likeness (QED) is 0.778. The van der Waals surface area contributed by atoms with Crippen molar-refractivity contribution in [2.45, 2.75) is 25.0 Å². The summed E-state index contributed by atoms with van der Waals surface area (Å²) in [7, 11) is 1.23. The third kappa shape index (κ3) is 3.72. The molecule has 9 heteroatoms. The van der Waals surface area contributed by atoms with Crippen LogP contribution in [0.2, 0.25) is 0 Å². The van der Waals surface area contributed by atoms with Crippen molar-refractivity contribution in [3.63, 3.8) is 0 Å². The largest absolute Gasteiger partial charge is 0.481 e. The second-order valence-corrected chi connectivity index (χ2v) is 9.50. The van der Waals surface area contributed by atoms with E-state index in [9.17, 15) is 13.5 Å². The van der Waals surface area contributed by atoms with Crippen molar-refractivity contribution < 1.29 is 18.3 Å². The number of aromatic nitrogens is 1. The Labute approximate surface area is 155 Å². The lowest BCUT2D eigenvalue weighted by Crippen LogP contribution is -2.61. The second kappa shape index (κ2) is 7.40. The highest BCUT2D eigenvalue weighted by Gasteiger charge is 2.47. The van der Waals surface area contributed by atoms with Gasteiger partial charge in [0.05, 0.1) is 12.7 Å². The van der Waals surface area contributed by atoms with Gasteiger partial charge >= 0.3 is 0 Å². The molecule has 2 fully saturated rings. The van der Waals surface area contributed by atoms with Crippen LogP contribution >= 0.6 is 0 Å².